The zero-order valence-corrected chi connectivity index (χ0v) is 11.3. The average Bonchev–Trinajstić information content (AvgIpc) is 2.54. The summed E-state index contributed by atoms with van der Waals surface area (Å²) in [7, 11) is 1.87. The van der Waals surface area contributed by atoms with Gasteiger partial charge >= 0.3 is 0 Å². The Morgan fingerprint density at radius 1 is 1.28 bits per heavy atom. The van der Waals surface area contributed by atoms with Crippen LogP contribution in [0.4, 0.5) is 5.69 Å². The molecular formula is C14H19N3O. The van der Waals surface area contributed by atoms with Crippen LogP contribution in [-0.4, -0.2) is 9.36 Å². The number of hydrogen-bond donors (Lipinski definition) is 1. The first-order valence-electron chi connectivity index (χ1n) is 6.11. The van der Waals surface area contributed by atoms with Crippen molar-refractivity contribution < 1.29 is 0 Å². The molecule has 4 nitrogen and oxygen atoms in total. The Kier molecular flexibility index (Phi) is 3.03. The van der Waals surface area contributed by atoms with Crippen molar-refractivity contribution in [2.24, 2.45) is 7.05 Å². The van der Waals surface area contributed by atoms with Gasteiger partial charge in [-0.2, -0.15) is 0 Å². The highest BCUT2D eigenvalue weighted by Crippen LogP contribution is 2.17. The van der Waals surface area contributed by atoms with Gasteiger partial charge in [0, 0.05) is 7.05 Å². The van der Waals surface area contributed by atoms with Crippen LogP contribution in [0, 0.1) is 13.8 Å². The number of anilines is 1. The van der Waals surface area contributed by atoms with Crippen LogP contribution in [-0.2, 0) is 13.5 Å². The number of rotatable bonds is 2. The van der Waals surface area contributed by atoms with Gasteiger partial charge in [-0.05, 0) is 37.5 Å². The van der Waals surface area contributed by atoms with Gasteiger partial charge in [0.2, 0.25) is 0 Å². The number of hydrogen-bond acceptors (Lipinski definition) is 2. The maximum atomic E-state index is 12.3. The molecule has 0 spiro atoms. The van der Waals surface area contributed by atoms with Gasteiger partial charge in [-0.1, -0.05) is 19.1 Å². The van der Waals surface area contributed by atoms with Crippen LogP contribution in [0.15, 0.2) is 23.0 Å². The number of aromatic nitrogens is 2. The second kappa shape index (κ2) is 4.37. The molecule has 0 aliphatic heterocycles. The standard InChI is InChI=1S/C14H19N3O/c1-5-11-13(15)14(18)17(16(11)4)12-8-9(2)6-7-10(12)3/h6-8H,5,15H2,1-4H3. The summed E-state index contributed by atoms with van der Waals surface area (Å²) in [6.07, 6.45) is 0.745. The molecule has 2 N–H and O–H groups in total. The van der Waals surface area contributed by atoms with Crippen molar-refractivity contribution in [2.75, 3.05) is 5.73 Å². The summed E-state index contributed by atoms with van der Waals surface area (Å²) in [6.45, 7) is 6.01. The van der Waals surface area contributed by atoms with E-state index < -0.39 is 0 Å². The molecule has 0 aliphatic carbocycles. The van der Waals surface area contributed by atoms with Crippen LogP contribution in [0.1, 0.15) is 23.7 Å². The molecule has 96 valence electrons. The third-order valence-corrected chi connectivity index (χ3v) is 3.35. The van der Waals surface area contributed by atoms with E-state index in [-0.39, 0.29) is 5.56 Å². The Morgan fingerprint density at radius 3 is 2.50 bits per heavy atom. The fraction of sp³-hybridized carbons (Fsp3) is 0.357. The van der Waals surface area contributed by atoms with Gasteiger partial charge in [0.15, 0.2) is 0 Å². The van der Waals surface area contributed by atoms with Crippen molar-refractivity contribution in [3.8, 4) is 5.69 Å². The first kappa shape index (κ1) is 12.5. The number of aryl methyl sites for hydroxylation is 2. The topological polar surface area (TPSA) is 53.0 Å². The van der Waals surface area contributed by atoms with E-state index in [1.165, 1.54) is 0 Å². The maximum Gasteiger partial charge on any atom is 0.294 e. The fourth-order valence-corrected chi connectivity index (χ4v) is 2.31. The summed E-state index contributed by atoms with van der Waals surface area (Å²) in [4.78, 5) is 12.3. The normalized spacial score (nSPS) is 10.9. The Balaban J connectivity index is 2.80. The summed E-state index contributed by atoms with van der Waals surface area (Å²) < 4.78 is 3.50. The van der Waals surface area contributed by atoms with Crippen molar-refractivity contribution in [1.82, 2.24) is 9.36 Å². The first-order chi connectivity index (χ1) is 8.47. The van der Waals surface area contributed by atoms with Gasteiger partial charge in [-0.25, -0.2) is 4.68 Å². The summed E-state index contributed by atoms with van der Waals surface area (Å²) in [6, 6.07) is 6.07. The predicted molar refractivity (Wildman–Crippen MR) is 74.3 cm³/mol. The molecule has 18 heavy (non-hydrogen) atoms. The summed E-state index contributed by atoms with van der Waals surface area (Å²) in [5.41, 5.74) is 10.1. The number of nitrogens with two attached hydrogens (primary N) is 1. The molecule has 1 heterocycles. The molecule has 0 aliphatic rings. The molecule has 0 saturated heterocycles. The van der Waals surface area contributed by atoms with Crippen LogP contribution in [0.3, 0.4) is 0 Å². The number of nitrogens with zero attached hydrogens (tertiary/aromatic N) is 2. The lowest BCUT2D eigenvalue weighted by molar-refractivity contribution is 0.616. The van der Waals surface area contributed by atoms with E-state index in [2.05, 4.69) is 0 Å². The van der Waals surface area contributed by atoms with Crippen molar-refractivity contribution in [3.05, 3.63) is 45.4 Å². The van der Waals surface area contributed by atoms with Crippen LogP contribution < -0.4 is 11.3 Å². The van der Waals surface area contributed by atoms with Gasteiger partial charge < -0.3 is 5.73 Å². The molecule has 0 amide bonds. The SMILES string of the molecule is CCc1c(N)c(=O)n(-c2cc(C)ccc2C)n1C. The van der Waals surface area contributed by atoms with Gasteiger partial charge in [0.1, 0.15) is 5.69 Å². The van der Waals surface area contributed by atoms with Gasteiger partial charge in [0.05, 0.1) is 11.4 Å². The third kappa shape index (κ3) is 1.74. The Morgan fingerprint density at radius 2 is 1.94 bits per heavy atom. The molecular weight excluding hydrogens is 226 g/mol. The minimum atomic E-state index is -0.136. The molecule has 0 fully saturated rings. The minimum Gasteiger partial charge on any atom is -0.393 e. The second-order valence-electron chi connectivity index (χ2n) is 4.64. The van der Waals surface area contributed by atoms with E-state index in [0.717, 1.165) is 28.9 Å². The lowest BCUT2D eigenvalue weighted by atomic mass is 10.1. The lowest BCUT2D eigenvalue weighted by Gasteiger charge is -2.12. The molecule has 0 saturated carbocycles. The summed E-state index contributed by atoms with van der Waals surface area (Å²) >= 11 is 0. The van der Waals surface area contributed by atoms with Crippen molar-refractivity contribution in [2.45, 2.75) is 27.2 Å². The zero-order chi connectivity index (χ0) is 13.4. The van der Waals surface area contributed by atoms with E-state index >= 15 is 0 Å². The number of benzene rings is 1. The molecule has 1 aromatic heterocycles. The molecule has 4 heteroatoms. The van der Waals surface area contributed by atoms with Crippen LogP contribution in [0.5, 0.6) is 0 Å². The molecule has 1 aromatic carbocycles. The molecule has 0 unspecified atom stereocenters. The molecule has 0 bridgehead atoms. The summed E-state index contributed by atoms with van der Waals surface area (Å²) in [5, 5.41) is 0. The Hall–Kier alpha value is -1.97. The quantitative estimate of drug-likeness (QED) is 0.879. The number of nitrogen functional groups attached to an aromatic ring is 1. The van der Waals surface area contributed by atoms with Gasteiger partial charge in [-0.15, -0.1) is 0 Å². The maximum absolute atomic E-state index is 12.3. The summed E-state index contributed by atoms with van der Waals surface area (Å²) in [5.74, 6) is 0. The Bertz CT molecular complexity index is 650. The predicted octanol–water partition coefficient (Wildman–Crippen LogP) is 1.94. The van der Waals surface area contributed by atoms with Crippen LogP contribution in [0.2, 0.25) is 0 Å². The smallest absolute Gasteiger partial charge is 0.294 e. The molecule has 2 rings (SSSR count). The van der Waals surface area contributed by atoms with Crippen molar-refractivity contribution >= 4 is 5.69 Å². The van der Waals surface area contributed by atoms with Crippen LogP contribution in [0.25, 0.3) is 5.69 Å². The fourth-order valence-electron chi connectivity index (χ4n) is 2.31. The third-order valence-electron chi connectivity index (χ3n) is 3.35. The monoisotopic (exact) mass is 245 g/mol. The minimum absolute atomic E-state index is 0.136. The second-order valence-corrected chi connectivity index (χ2v) is 4.64. The van der Waals surface area contributed by atoms with E-state index in [9.17, 15) is 4.79 Å². The van der Waals surface area contributed by atoms with E-state index in [1.54, 1.807) is 4.68 Å². The molecule has 2 aromatic rings. The molecule has 0 radical (unpaired) electrons. The zero-order valence-electron chi connectivity index (χ0n) is 11.3. The van der Waals surface area contributed by atoms with E-state index in [1.807, 2.05) is 50.7 Å². The Labute approximate surface area is 107 Å². The molecule has 0 atom stereocenters. The van der Waals surface area contributed by atoms with E-state index in [4.69, 9.17) is 5.73 Å². The average molecular weight is 245 g/mol. The van der Waals surface area contributed by atoms with Crippen LogP contribution >= 0.6 is 0 Å². The first-order valence-corrected chi connectivity index (χ1v) is 6.11. The van der Waals surface area contributed by atoms with Gasteiger partial charge in [0.25, 0.3) is 5.56 Å². The van der Waals surface area contributed by atoms with Crippen molar-refractivity contribution in [1.29, 1.82) is 0 Å². The van der Waals surface area contributed by atoms with E-state index in [0.29, 0.717) is 5.69 Å². The van der Waals surface area contributed by atoms with Gasteiger partial charge in [-0.3, -0.25) is 9.48 Å². The van der Waals surface area contributed by atoms with Crippen molar-refractivity contribution in [3.63, 3.8) is 0 Å². The highest BCUT2D eigenvalue weighted by molar-refractivity contribution is 5.48. The highest BCUT2D eigenvalue weighted by atomic mass is 16.1. The highest BCUT2D eigenvalue weighted by Gasteiger charge is 2.16. The lowest BCUT2D eigenvalue weighted by Crippen LogP contribution is -2.21. The largest absolute Gasteiger partial charge is 0.393 e.